The minimum Gasteiger partial charge on any atom is -0.459 e. The first-order valence-corrected chi connectivity index (χ1v) is 27.9. The van der Waals surface area contributed by atoms with Gasteiger partial charge in [0.15, 0.2) is 12.6 Å². The summed E-state index contributed by atoms with van der Waals surface area (Å²) in [5.41, 5.74) is -0.608. The standard InChI is InChI=1S/C58H90FN7O12/c1-14-48-57(9,72)27-47(67)38(6)65(12)32-34(2)21-23-56(8,71)53(36(4)51(37(5)54(70)76-48)77-49-28-58(10,73-13)52(69)39(7)75-49)78-55-50(68)46(25-35(3)74-55)64(11)24-22-44-33-66(63-62-44)45(29-59)26-40-15-17-41(18-16-40)42-19-20-43(30-60)61-31-42/h15-20,31,33-39,45-53,55,67-69,71-72H,14,21-29,32H2,1-13H3/t34-,35-,36+,37-,38-,39+,45+,46+,47+,48-,49+,50-,51+,52+,53-,55+,56-,57+,58-/m1/s1. The van der Waals surface area contributed by atoms with Crippen LogP contribution in [0, 0.1) is 29.1 Å². The molecular weight excluding hydrogens is 1010 g/mol. The van der Waals surface area contributed by atoms with Crippen molar-refractivity contribution in [2.24, 2.45) is 17.8 Å². The van der Waals surface area contributed by atoms with Gasteiger partial charge < -0.3 is 63.8 Å². The number of cyclic esters (lactones) is 1. The first-order chi connectivity index (χ1) is 36.7. The fraction of sp³-hybridized carbons (Fsp3) is 0.741. The molecule has 3 fully saturated rings. The molecule has 0 aliphatic carbocycles. The molecule has 436 valence electrons. The Morgan fingerprint density at radius 2 is 1.67 bits per heavy atom. The van der Waals surface area contributed by atoms with Crippen molar-refractivity contribution >= 4 is 5.97 Å². The van der Waals surface area contributed by atoms with Gasteiger partial charge in [-0.3, -0.25) is 4.79 Å². The van der Waals surface area contributed by atoms with Gasteiger partial charge in [-0.25, -0.2) is 14.1 Å². The van der Waals surface area contributed by atoms with Gasteiger partial charge in [-0.05, 0) is 124 Å². The maximum Gasteiger partial charge on any atom is 0.311 e. The summed E-state index contributed by atoms with van der Waals surface area (Å²) >= 11 is 0. The van der Waals surface area contributed by atoms with Crippen LogP contribution in [0.15, 0.2) is 48.8 Å². The highest BCUT2D eigenvalue weighted by Gasteiger charge is 2.52. The van der Waals surface area contributed by atoms with Crippen LogP contribution in [0.4, 0.5) is 4.39 Å². The Hall–Kier alpha value is -4.08. The lowest BCUT2D eigenvalue weighted by Gasteiger charge is -2.48. The van der Waals surface area contributed by atoms with E-state index in [1.807, 2.05) is 81.1 Å². The molecule has 19 nitrogen and oxygen atoms in total. The quantitative estimate of drug-likeness (QED) is 0.117. The number of methoxy groups -OCH3 is 1. The summed E-state index contributed by atoms with van der Waals surface area (Å²) in [5.74, 6) is -2.56. The van der Waals surface area contributed by atoms with E-state index in [0.29, 0.717) is 50.2 Å². The molecule has 78 heavy (non-hydrogen) atoms. The summed E-state index contributed by atoms with van der Waals surface area (Å²) in [6.07, 6.45) is -4.06. The van der Waals surface area contributed by atoms with Crippen molar-refractivity contribution < 1.29 is 63.1 Å². The number of esters is 1. The summed E-state index contributed by atoms with van der Waals surface area (Å²) in [5, 5.41) is 77.5. The Kier molecular flexibility index (Phi) is 21.9. The van der Waals surface area contributed by atoms with Crippen molar-refractivity contribution in [1.82, 2.24) is 29.8 Å². The van der Waals surface area contributed by atoms with Crippen LogP contribution in [0.1, 0.15) is 131 Å². The number of ether oxygens (including phenoxy) is 6. The SMILES string of the molecule is CC[C@H]1OC(=O)[C@H](C)[C@@H](O[C@H]2C[C@@](C)(OC)[C@@H](O)[C@H](C)O2)[C@H](C)[C@@H](O[C@@H]2O[C@H](C)C[C@H](N(C)CCc3cn([C@H](CF)Cc4ccc(-c5ccc(C#N)nc5)cc4)nn3)[C@H]2O)[C@](C)(O)CC[C@@H](C)CN(C)[C@H](C)[C@@H](O)C[C@]1(C)O. The molecule has 0 bridgehead atoms. The van der Waals surface area contributed by atoms with Gasteiger partial charge in [0.2, 0.25) is 0 Å². The summed E-state index contributed by atoms with van der Waals surface area (Å²) in [7, 11) is 5.31. The first-order valence-electron chi connectivity index (χ1n) is 27.9. The molecule has 0 unspecified atom stereocenters. The number of aliphatic hydroxyl groups is 5. The normalized spacial score (nSPS) is 37.6. The zero-order chi connectivity index (χ0) is 57.4. The van der Waals surface area contributed by atoms with Crippen molar-refractivity contribution in [2.45, 2.75) is 217 Å². The zero-order valence-corrected chi connectivity index (χ0v) is 48.2. The molecule has 0 amide bonds. The van der Waals surface area contributed by atoms with E-state index in [9.17, 15) is 34.7 Å². The Bertz CT molecular complexity index is 2390. The number of benzene rings is 1. The highest BCUT2D eigenvalue weighted by molar-refractivity contribution is 5.73. The lowest BCUT2D eigenvalue weighted by Crippen LogP contribution is -2.60. The van der Waals surface area contributed by atoms with Crippen molar-refractivity contribution in [3.05, 3.63) is 65.7 Å². The number of alkyl halides is 1. The number of halogens is 1. The molecule has 19 atom stereocenters. The number of hydrogen-bond donors (Lipinski definition) is 5. The number of carbonyl (C=O) groups excluding carboxylic acids is 1. The largest absolute Gasteiger partial charge is 0.459 e. The first kappa shape index (κ1) is 63.1. The third-order valence-electron chi connectivity index (χ3n) is 17.1. The van der Waals surface area contributed by atoms with E-state index in [-0.39, 0.29) is 37.6 Å². The lowest BCUT2D eigenvalue weighted by atomic mass is 9.78. The number of aromatic nitrogens is 4. The number of aliphatic hydroxyl groups excluding tert-OH is 3. The van der Waals surface area contributed by atoms with Crippen LogP contribution >= 0.6 is 0 Å². The van der Waals surface area contributed by atoms with Gasteiger partial charge in [0.05, 0.1) is 59.4 Å². The van der Waals surface area contributed by atoms with E-state index in [2.05, 4.69) is 22.2 Å². The number of pyridine rings is 1. The fourth-order valence-corrected chi connectivity index (χ4v) is 11.7. The summed E-state index contributed by atoms with van der Waals surface area (Å²) in [4.78, 5) is 22.8. The van der Waals surface area contributed by atoms with Crippen LogP contribution < -0.4 is 0 Å². The van der Waals surface area contributed by atoms with Crippen LogP contribution in [0.3, 0.4) is 0 Å². The Balaban J connectivity index is 1.23. The molecule has 3 aliphatic rings. The average Bonchev–Trinajstić information content (AvgIpc) is 3.91. The topological polar surface area (TPSA) is 247 Å². The van der Waals surface area contributed by atoms with Crippen LogP contribution in [-0.4, -0.2) is 193 Å². The van der Waals surface area contributed by atoms with Gasteiger partial charge in [-0.15, -0.1) is 5.10 Å². The molecule has 5 N–H and O–H groups in total. The van der Waals surface area contributed by atoms with E-state index in [1.54, 1.807) is 64.7 Å². The number of hydrogen-bond acceptors (Lipinski definition) is 18. The maximum absolute atomic E-state index is 14.6. The maximum atomic E-state index is 14.6. The van der Waals surface area contributed by atoms with Crippen molar-refractivity contribution in [1.29, 1.82) is 5.26 Å². The second-order valence-electron chi connectivity index (χ2n) is 23.7. The number of carbonyl (C=O) groups is 1. The van der Waals surface area contributed by atoms with Gasteiger partial charge in [0.1, 0.15) is 42.4 Å². The van der Waals surface area contributed by atoms with E-state index in [0.717, 1.165) is 16.7 Å². The minimum absolute atomic E-state index is 0.0225. The van der Waals surface area contributed by atoms with Crippen LogP contribution in [-0.2, 0) is 46.1 Å². The van der Waals surface area contributed by atoms with E-state index in [4.69, 9.17) is 33.7 Å². The Morgan fingerprint density at radius 3 is 2.29 bits per heavy atom. The van der Waals surface area contributed by atoms with E-state index in [1.165, 1.54) is 7.11 Å². The molecule has 0 saturated carbocycles. The van der Waals surface area contributed by atoms with Gasteiger partial charge >= 0.3 is 5.97 Å². The molecule has 0 radical (unpaired) electrons. The van der Waals surface area contributed by atoms with Crippen LogP contribution in [0.2, 0.25) is 0 Å². The van der Waals surface area contributed by atoms with E-state index < -0.39 is 115 Å². The predicted octanol–water partition coefficient (Wildman–Crippen LogP) is 5.57. The zero-order valence-electron chi connectivity index (χ0n) is 48.2. The third-order valence-corrected chi connectivity index (χ3v) is 17.1. The number of nitrogens with zero attached hydrogens (tertiary/aromatic N) is 7. The predicted molar refractivity (Wildman–Crippen MR) is 289 cm³/mol. The highest BCUT2D eigenvalue weighted by atomic mass is 19.1. The Labute approximate surface area is 461 Å². The van der Waals surface area contributed by atoms with Gasteiger partial charge in [-0.2, -0.15) is 5.26 Å². The van der Waals surface area contributed by atoms with Crippen LogP contribution in [0.25, 0.3) is 11.1 Å². The smallest absolute Gasteiger partial charge is 0.311 e. The molecule has 5 heterocycles. The summed E-state index contributed by atoms with van der Waals surface area (Å²) in [6, 6.07) is 11.9. The van der Waals surface area contributed by atoms with E-state index >= 15 is 0 Å². The highest BCUT2D eigenvalue weighted by Crippen LogP contribution is 2.40. The second kappa shape index (κ2) is 27.1. The Morgan fingerprint density at radius 1 is 0.974 bits per heavy atom. The number of nitriles is 1. The monoisotopic (exact) mass is 1100 g/mol. The third kappa shape index (κ3) is 15.5. The summed E-state index contributed by atoms with van der Waals surface area (Å²) in [6.45, 7) is 18.2. The molecule has 3 aliphatic heterocycles. The van der Waals surface area contributed by atoms with Crippen molar-refractivity contribution in [2.75, 3.05) is 41.0 Å². The molecule has 3 aromatic rings. The fourth-order valence-electron chi connectivity index (χ4n) is 11.7. The van der Waals surface area contributed by atoms with Gasteiger partial charge in [0.25, 0.3) is 0 Å². The van der Waals surface area contributed by atoms with Crippen molar-refractivity contribution in [3.8, 4) is 17.2 Å². The molecule has 3 saturated heterocycles. The van der Waals surface area contributed by atoms with Crippen LogP contribution in [0.5, 0.6) is 0 Å². The second-order valence-corrected chi connectivity index (χ2v) is 23.7. The molecular formula is C58H90FN7O12. The van der Waals surface area contributed by atoms with Crippen molar-refractivity contribution in [3.63, 3.8) is 0 Å². The molecule has 0 spiro atoms. The lowest BCUT2D eigenvalue weighted by molar-refractivity contribution is -0.318. The number of likely N-dealkylation sites (N-methyl/N-ethyl adjacent to an activating group) is 2. The number of rotatable bonds is 15. The molecule has 1 aromatic carbocycles. The van der Waals surface area contributed by atoms with Gasteiger partial charge in [-0.1, -0.05) is 50.3 Å². The minimum atomic E-state index is -1.62. The molecule has 2 aromatic heterocycles. The summed E-state index contributed by atoms with van der Waals surface area (Å²) < 4.78 is 54.7. The molecule has 20 heteroatoms. The molecule has 6 rings (SSSR count). The van der Waals surface area contributed by atoms with Gasteiger partial charge in [0, 0.05) is 75.4 Å². The average molecular weight is 1100 g/mol.